The van der Waals surface area contributed by atoms with E-state index in [0.29, 0.717) is 12.3 Å². The Hall–Kier alpha value is -3.36. The first-order valence-corrected chi connectivity index (χ1v) is 8.31. The number of imidazole rings is 1. The van der Waals surface area contributed by atoms with Gasteiger partial charge in [-0.05, 0) is 6.07 Å². The molecule has 27 heavy (non-hydrogen) atoms. The number of methoxy groups -OCH3 is 1. The van der Waals surface area contributed by atoms with E-state index in [0.717, 1.165) is 10.1 Å². The monoisotopic (exact) mass is 371 g/mol. The van der Waals surface area contributed by atoms with Crippen LogP contribution in [0.4, 0.5) is 0 Å². The van der Waals surface area contributed by atoms with Gasteiger partial charge in [0.25, 0.3) is 5.56 Å². The molecule has 142 valence electrons. The Morgan fingerprint density at radius 1 is 1.19 bits per heavy atom. The molecular weight excluding hydrogens is 350 g/mol. The van der Waals surface area contributed by atoms with Crippen molar-refractivity contribution in [2.75, 3.05) is 14.2 Å². The summed E-state index contributed by atoms with van der Waals surface area (Å²) < 4.78 is 9.08. The van der Waals surface area contributed by atoms with Gasteiger partial charge in [-0.25, -0.2) is 9.78 Å². The normalized spacial score (nSPS) is 11.0. The number of carbonyl (C=O) groups is 1. The number of hydrogen-bond donors (Lipinski definition) is 0. The lowest BCUT2D eigenvalue weighted by atomic mass is 10.2. The number of ether oxygens (including phenoxy) is 1. The van der Waals surface area contributed by atoms with Crippen molar-refractivity contribution in [3.8, 4) is 5.75 Å². The minimum absolute atomic E-state index is 0.0599. The highest BCUT2D eigenvalue weighted by atomic mass is 16.5. The zero-order chi connectivity index (χ0) is 19.7. The summed E-state index contributed by atoms with van der Waals surface area (Å²) in [5.74, 6) is 0.505. The van der Waals surface area contributed by atoms with Gasteiger partial charge in [-0.1, -0.05) is 18.2 Å². The van der Waals surface area contributed by atoms with Crippen molar-refractivity contribution >= 4 is 17.1 Å². The van der Waals surface area contributed by atoms with Gasteiger partial charge in [0.05, 0.1) is 13.4 Å². The fraction of sp³-hybridized carbons (Fsp3) is 0.333. The molecule has 3 rings (SSSR count). The second-order valence-corrected chi connectivity index (χ2v) is 6.31. The molecule has 0 aliphatic carbocycles. The number of carbonyl (C=O) groups excluding carboxylic acids is 1. The number of rotatable bonds is 5. The first kappa shape index (κ1) is 18.4. The van der Waals surface area contributed by atoms with Gasteiger partial charge in [-0.2, -0.15) is 0 Å². The lowest BCUT2D eigenvalue weighted by Gasteiger charge is -2.19. The number of aryl methyl sites for hydroxylation is 1. The number of nitrogens with zero attached hydrogens (tertiary/aromatic N) is 5. The van der Waals surface area contributed by atoms with E-state index in [1.165, 1.54) is 29.6 Å². The van der Waals surface area contributed by atoms with E-state index in [4.69, 9.17) is 4.74 Å². The van der Waals surface area contributed by atoms with Crippen LogP contribution in [0.3, 0.4) is 0 Å². The molecule has 2 aromatic heterocycles. The van der Waals surface area contributed by atoms with E-state index >= 15 is 0 Å². The van der Waals surface area contributed by atoms with Crippen LogP contribution in [0.15, 0.2) is 40.2 Å². The van der Waals surface area contributed by atoms with Crippen LogP contribution in [-0.4, -0.2) is 43.6 Å². The highest BCUT2D eigenvalue weighted by molar-refractivity contribution is 5.78. The second kappa shape index (κ2) is 7.10. The summed E-state index contributed by atoms with van der Waals surface area (Å²) in [4.78, 5) is 42.8. The second-order valence-electron chi connectivity index (χ2n) is 6.31. The van der Waals surface area contributed by atoms with Gasteiger partial charge in [0.2, 0.25) is 5.91 Å². The molecule has 0 N–H and O–H groups in total. The molecule has 0 bridgehead atoms. The first-order valence-electron chi connectivity index (χ1n) is 8.31. The minimum Gasteiger partial charge on any atom is -0.496 e. The molecular formula is C18H21N5O4. The van der Waals surface area contributed by atoms with Gasteiger partial charge in [0.15, 0.2) is 11.2 Å². The van der Waals surface area contributed by atoms with Crippen LogP contribution in [0.1, 0.15) is 5.56 Å². The van der Waals surface area contributed by atoms with Crippen molar-refractivity contribution in [1.29, 1.82) is 0 Å². The number of benzene rings is 1. The van der Waals surface area contributed by atoms with E-state index in [2.05, 4.69) is 4.98 Å². The maximum atomic E-state index is 12.7. The van der Waals surface area contributed by atoms with Crippen LogP contribution in [-0.2, 0) is 32.0 Å². The maximum absolute atomic E-state index is 12.7. The summed E-state index contributed by atoms with van der Waals surface area (Å²) in [7, 11) is 6.20. The molecule has 3 aromatic rings. The molecule has 2 heterocycles. The molecule has 0 saturated heterocycles. The molecule has 1 amide bonds. The highest BCUT2D eigenvalue weighted by Crippen LogP contribution is 2.19. The van der Waals surface area contributed by atoms with Crippen LogP contribution in [0.5, 0.6) is 5.75 Å². The molecule has 0 saturated carbocycles. The number of fused-ring (bicyclic) bond motifs is 1. The Labute approximate surface area is 155 Å². The maximum Gasteiger partial charge on any atom is 0.332 e. The van der Waals surface area contributed by atoms with Gasteiger partial charge in [0.1, 0.15) is 12.3 Å². The molecule has 0 atom stereocenters. The van der Waals surface area contributed by atoms with Gasteiger partial charge in [-0.15, -0.1) is 0 Å². The summed E-state index contributed by atoms with van der Waals surface area (Å²) >= 11 is 0. The van der Waals surface area contributed by atoms with E-state index in [1.54, 1.807) is 19.1 Å². The molecule has 0 aliphatic rings. The highest BCUT2D eigenvalue weighted by Gasteiger charge is 2.18. The number of likely N-dealkylation sites (N-methyl/N-ethyl adjacent to an activating group) is 1. The minimum atomic E-state index is -0.481. The van der Waals surface area contributed by atoms with Crippen molar-refractivity contribution in [2.45, 2.75) is 13.1 Å². The number of aromatic nitrogens is 4. The quantitative estimate of drug-likeness (QED) is 0.634. The SMILES string of the molecule is COc1ccccc1CN(C)C(=O)Cn1cnc2c1c(=O)n(C)c(=O)n2C. The van der Waals surface area contributed by atoms with Crippen molar-refractivity contribution in [3.63, 3.8) is 0 Å². The largest absolute Gasteiger partial charge is 0.496 e. The summed E-state index contributed by atoms with van der Waals surface area (Å²) in [5, 5.41) is 0. The smallest absolute Gasteiger partial charge is 0.332 e. The van der Waals surface area contributed by atoms with E-state index in [9.17, 15) is 14.4 Å². The molecule has 0 fully saturated rings. The van der Waals surface area contributed by atoms with Crippen LogP contribution in [0, 0.1) is 0 Å². The number of para-hydroxylation sites is 1. The molecule has 0 radical (unpaired) electrons. The van der Waals surface area contributed by atoms with Crippen molar-refractivity contribution < 1.29 is 9.53 Å². The van der Waals surface area contributed by atoms with Crippen LogP contribution in [0.2, 0.25) is 0 Å². The lowest BCUT2D eigenvalue weighted by Crippen LogP contribution is -2.38. The molecule has 1 aromatic carbocycles. The lowest BCUT2D eigenvalue weighted by molar-refractivity contribution is -0.131. The standard InChI is InChI=1S/C18H21N5O4/c1-20(9-12-7-5-6-8-13(12)27-4)14(24)10-23-11-19-16-15(23)17(25)22(3)18(26)21(16)2/h5-8,11H,9-10H2,1-4H3. The van der Waals surface area contributed by atoms with Crippen molar-refractivity contribution in [2.24, 2.45) is 14.1 Å². The third-order valence-electron chi connectivity index (χ3n) is 4.55. The van der Waals surface area contributed by atoms with E-state index in [1.807, 2.05) is 24.3 Å². The van der Waals surface area contributed by atoms with Crippen molar-refractivity contribution in [1.82, 2.24) is 23.6 Å². The zero-order valence-electron chi connectivity index (χ0n) is 15.7. The predicted octanol–water partition coefficient (Wildman–Crippen LogP) is 0.101. The van der Waals surface area contributed by atoms with Crippen molar-refractivity contribution in [3.05, 3.63) is 57.0 Å². The average Bonchev–Trinajstić information content (AvgIpc) is 3.08. The first-order chi connectivity index (χ1) is 12.8. The Balaban J connectivity index is 1.88. The Bertz CT molecular complexity index is 1120. The Kier molecular flexibility index (Phi) is 4.85. The number of amides is 1. The van der Waals surface area contributed by atoms with Crippen LogP contribution < -0.4 is 16.0 Å². The Morgan fingerprint density at radius 3 is 2.59 bits per heavy atom. The average molecular weight is 371 g/mol. The van der Waals surface area contributed by atoms with Crippen LogP contribution >= 0.6 is 0 Å². The van der Waals surface area contributed by atoms with E-state index in [-0.39, 0.29) is 23.6 Å². The molecule has 9 nitrogen and oxygen atoms in total. The molecule has 9 heteroatoms. The summed E-state index contributed by atoms with van der Waals surface area (Å²) in [5.41, 5.74) is 0.412. The fourth-order valence-corrected chi connectivity index (χ4v) is 2.96. The zero-order valence-corrected chi connectivity index (χ0v) is 15.7. The van der Waals surface area contributed by atoms with Gasteiger partial charge >= 0.3 is 5.69 Å². The summed E-state index contributed by atoms with van der Waals surface area (Å²) in [6.45, 7) is 0.307. The predicted molar refractivity (Wildman–Crippen MR) is 99.7 cm³/mol. The summed E-state index contributed by atoms with van der Waals surface area (Å²) in [6, 6.07) is 7.47. The van der Waals surface area contributed by atoms with Crippen LogP contribution in [0.25, 0.3) is 11.2 Å². The third kappa shape index (κ3) is 3.23. The van der Waals surface area contributed by atoms with Gasteiger partial charge < -0.3 is 14.2 Å². The third-order valence-corrected chi connectivity index (χ3v) is 4.55. The number of hydrogen-bond acceptors (Lipinski definition) is 5. The molecule has 0 unspecified atom stereocenters. The molecule has 0 aliphatic heterocycles. The van der Waals surface area contributed by atoms with E-state index < -0.39 is 11.2 Å². The van der Waals surface area contributed by atoms with Gasteiger partial charge in [0, 0.05) is 33.3 Å². The Morgan fingerprint density at radius 2 is 1.89 bits per heavy atom. The summed E-state index contributed by atoms with van der Waals surface area (Å²) in [6.07, 6.45) is 1.40. The van der Waals surface area contributed by atoms with Gasteiger partial charge in [-0.3, -0.25) is 18.7 Å². The topological polar surface area (TPSA) is 91.4 Å². The fourth-order valence-electron chi connectivity index (χ4n) is 2.96. The molecule has 0 spiro atoms.